The van der Waals surface area contributed by atoms with Crippen molar-refractivity contribution in [3.63, 3.8) is 0 Å². The standard InChI is InChI=1S/C18H17N3O4S2.C18H19N3O4.CH4S.Na.H/c1-16(19-3)8-18-15(23)20(4)17(2,26-27-18)14(22)21(18)13(16)10-5-6-11-12(7-10)25-9-24-11;1-10-16(22)21-12(17(23)20(10)4)8-18(2,19-3)15(21)11-5-6-13-14(7-11)25-9-24-13;1-2;;/h5-7,13H,8-9H2,1-2,4H3;5-7,10,12,15H,8-9H2,1-2,4H3;2H,1H3;;/q;;;+1;-1/t13-,16-,17+,18-;10-,12+,15+,18+;;;/m10.../s1/i;;1D;;. The van der Waals surface area contributed by atoms with E-state index in [2.05, 4.69) is 22.3 Å². The van der Waals surface area contributed by atoms with Gasteiger partial charge in [-0.15, -0.1) is 0 Å². The summed E-state index contributed by atoms with van der Waals surface area (Å²) in [5.41, 5.74) is -0.194. The molecule has 10 rings (SSSR count). The van der Waals surface area contributed by atoms with Crippen LogP contribution in [0.1, 0.15) is 66.5 Å². The van der Waals surface area contributed by atoms with Gasteiger partial charge in [-0.3, -0.25) is 19.2 Å². The quantitative estimate of drug-likeness (QED) is 0.208. The van der Waals surface area contributed by atoms with Gasteiger partial charge in [0.25, 0.3) is 22.9 Å². The molecule has 18 heteroatoms. The molecule has 2 aromatic rings. The first-order chi connectivity index (χ1) is 26.1. The van der Waals surface area contributed by atoms with Gasteiger partial charge in [0.15, 0.2) is 32.7 Å². The maximum absolute atomic E-state index is 13.5. The molecule has 2 bridgehead atoms. The van der Waals surface area contributed by atoms with E-state index in [9.17, 15) is 19.2 Å². The zero-order chi connectivity index (χ0) is 39.8. The molecule has 1 spiro atoms. The molecular weight excluding hydrogens is 776 g/mol. The van der Waals surface area contributed by atoms with E-state index in [-0.39, 0.29) is 74.4 Å². The van der Waals surface area contributed by atoms with Crippen LogP contribution < -0.4 is 48.5 Å². The zero-order valence-corrected chi connectivity index (χ0v) is 36.0. The van der Waals surface area contributed by atoms with Gasteiger partial charge in [-0.25, -0.2) is 13.1 Å². The third-order valence-corrected chi connectivity index (χ3v) is 15.3. The second-order valence-electron chi connectivity index (χ2n) is 14.7. The van der Waals surface area contributed by atoms with Crippen LogP contribution in [0.4, 0.5) is 0 Å². The van der Waals surface area contributed by atoms with Gasteiger partial charge in [-0.2, -0.15) is 12.6 Å². The molecule has 8 aliphatic rings. The Hall–Kier alpha value is -3.45. The number of amides is 4. The van der Waals surface area contributed by atoms with Gasteiger partial charge in [-0.05, 0) is 55.5 Å². The van der Waals surface area contributed by atoms with Gasteiger partial charge < -0.3 is 49.7 Å². The van der Waals surface area contributed by atoms with Crippen molar-refractivity contribution in [3.8, 4) is 23.0 Å². The molecule has 0 saturated carbocycles. The second kappa shape index (κ2) is 14.5. The van der Waals surface area contributed by atoms with Crippen molar-refractivity contribution in [1.82, 2.24) is 19.6 Å². The Morgan fingerprint density at radius 3 is 1.91 bits per heavy atom. The molecule has 8 aliphatic heterocycles. The normalized spacial score (nSPS) is 34.7. The molecule has 8 heterocycles. The Kier molecular flexibility index (Phi) is 10.5. The van der Waals surface area contributed by atoms with Crippen LogP contribution in [-0.2, 0) is 19.2 Å². The Bertz CT molecular complexity index is 2100. The van der Waals surface area contributed by atoms with Crippen molar-refractivity contribution in [2.75, 3.05) is 33.9 Å². The van der Waals surface area contributed by atoms with E-state index in [1.807, 2.05) is 38.1 Å². The van der Waals surface area contributed by atoms with Gasteiger partial charge in [0.05, 0.1) is 12.8 Å². The molecule has 14 nitrogen and oxygen atoms in total. The summed E-state index contributed by atoms with van der Waals surface area (Å²) in [6.07, 6.45) is 0.822. The summed E-state index contributed by atoms with van der Waals surface area (Å²) < 4.78 is 27.7. The van der Waals surface area contributed by atoms with Gasteiger partial charge in [0, 0.05) is 29.3 Å². The number of nitrogens with zero attached hydrogens (tertiary/aromatic N) is 6. The van der Waals surface area contributed by atoms with Crippen LogP contribution in [-0.4, -0.2) is 110 Å². The first kappa shape index (κ1) is 39.8. The molecular formula is C37H41N6NaO8S3. The molecule has 0 radical (unpaired) electrons. The molecule has 6 fully saturated rings. The molecule has 4 amide bonds. The Morgan fingerprint density at radius 2 is 1.36 bits per heavy atom. The first-order valence-corrected chi connectivity index (χ1v) is 19.9. The van der Waals surface area contributed by atoms with Crippen LogP contribution >= 0.6 is 34.2 Å². The maximum atomic E-state index is 13.5. The summed E-state index contributed by atoms with van der Waals surface area (Å²) >= 11 is 3.46. The van der Waals surface area contributed by atoms with E-state index in [0.717, 1.165) is 11.1 Å². The molecule has 0 aromatic heterocycles. The Labute approximate surface area is 358 Å². The van der Waals surface area contributed by atoms with Gasteiger partial charge in [0.1, 0.15) is 24.2 Å². The van der Waals surface area contributed by atoms with Crippen molar-refractivity contribution in [3.05, 3.63) is 70.4 Å². The topological polar surface area (TPSA) is 127 Å². The van der Waals surface area contributed by atoms with Crippen LogP contribution in [0.3, 0.4) is 0 Å². The van der Waals surface area contributed by atoms with Crippen molar-refractivity contribution in [1.29, 1.82) is 0 Å². The smallest absolute Gasteiger partial charge is 1.00 e. The van der Waals surface area contributed by atoms with Crippen LogP contribution in [0, 0.1) is 13.1 Å². The summed E-state index contributed by atoms with van der Waals surface area (Å²) in [5, 5.41) is 0. The fraction of sp³-hybridized carbons (Fsp3) is 0.514. The average molecular weight is 818 g/mol. The average Bonchev–Trinajstić information content (AvgIpc) is 3.96. The Balaban J connectivity index is 0.000000198. The minimum atomic E-state index is -1.05. The molecule has 6 saturated heterocycles. The van der Waals surface area contributed by atoms with E-state index in [0.29, 0.717) is 35.8 Å². The predicted molar refractivity (Wildman–Crippen MR) is 205 cm³/mol. The third-order valence-electron chi connectivity index (χ3n) is 11.6. The number of carbonyl (C=O) groups excluding carboxylic acids is 4. The molecule has 0 unspecified atom stereocenters. The van der Waals surface area contributed by atoms with Crippen molar-refractivity contribution in [2.45, 2.75) is 85.5 Å². The predicted octanol–water partition coefficient (Wildman–Crippen LogP) is 1.90. The third kappa shape index (κ3) is 5.86. The van der Waals surface area contributed by atoms with Gasteiger partial charge in [0.2, 0.25) is 25.4 Å². The summed E-state index contributed by atoms with van der Waals surface area (Å²) in [5.74, 6) is 2.05. The summed E-state index contributed by atoms with van der Waals surface area (Å²) in [6, 6.07) is 8.82. The van der Waals surface area contributed by atoms with E-state index in [4.69, 9.17) is 33.5 Å². The number of hydrogen-bond donors (Lipinski definition) is 1. The van der Waals surface area contributed by atoms with Crippen LogP contribution in [0.15, 0.2) is 36.4 Å². The van der Waals surface area contributed by atoms with Gasteiger partial charge in [-0.1, -0.05) is 33.7 Å². The largest absolute Gasteiger partial charge is 1.00 e. The van der Waals surface area contributed by atoms with Crippen LogP contribution in [0.25, 0.3) is 9.69 Å². The van der Waals surface area contributed by atoms with E-state index < -0.39 is 45.0 Å². The fourth-order valence-corrected chi connectivity index (χ4v) is 12.1. The molecule has 0 N–H and O–H groups in total. The first-order valence-electron chi connectivity index (χ1n) is 17.8. The number of likely N-dealkylation sites (N-methyl/N-ethyl adjacent to an activating group) is 2. The van der Waals surface area contributed by atoms with E-state index >= 15 is 0 Å². The maximum Gasteiger partial charge on any atom is 1.00 e. The molecule has 286 valence electrons. The fourth-order valence-electron chi connectivity index (χ4n) is 8.56. The number of piperazine rings is 2. The Morgan fingerprint density at radius 1 is 0.836 bits per heavy atom. The van der Waals surface area contributed by atoms with Crippen molar-refractivity contribution in [2.24, 2.45) is 0 Å². The SMILES string of the molecule is [2H]CS.[C-]#[N+][C@]1(C)C[C@@H]2C(=O)N(C)[C@@H](C)C(=O)N2[C@@H]1c1ccc2c(c1)OCO2.[C-]#[N+][C@]1(C)C[C@]23SS[C@@](C)(C(=O)N2[C@@H]1c1ccc2c(c1)OCO2)N(C)C3=O.[H-].[Na+]. The number of carbonyl (C=O) groups is 4. The number of rotatable bonds is 2. The summed E-state index contributed by atoms with van der Waals surface area (Å²) in [4.78, 5) is 64.5. The number of thiol groups is 1. The monoisotopic (exact) mass is 817 g/mol. The minimum Gasteiger partial charge on any atom is -1.00 e. The molecule has 2 aromatic carbocycles. The number of fused-ring (bicyclic) bond motifs is 5. The van der Waals surface area contributed by atoms with Crippen molar-refractivity contribution < 1.29 is 70.5 Å². The minimum absolute atomic E-state index is 0. The summed E-state index contributed by atoms with van der Waals surface area (Å²) in [6.45, 7) is 23.1. The zero-order valence-electron chi connectivity index (χ0n) is 33.5. The van der Waals surface area contributed by atoms with Crippen LogP contribution in [0.5, 0.6) is 23.0 Å². The molecule has 55 heavy (non-hydrogen) atoms. The van der Waals surface area contributed by atoms with E-state index in [1.54, 1.807) is 54.8 Å². The number of hydrogen-bond acceptors (Lipinski definition) is 11. The molecule has 0 aliphatic carbocycles. The van der Waals surface area contributed by atoms with Gasteiger partial charge >= 0.3 is 29.6 Å². The second-order valence-corrected chi connectivity index (χ2v) is 17.5. The van der Waals surface area contributed by atoms with Crippen molar-refractivity contribution >= 4 is 57.8 Å². The number of ether oxygens (including phenoxy) is 4. The van der Waals surface area contributed by atoms with Crippen LogP contribution in [0.2, 0.25) is 0 Å². The summed E-state index contributed by atoms with van der Waals surface area (Å²) in [7, 11) is 6.15. The molecule has 8 atom stereocenters. The van der Waals surface area contributed by atoms with E-state index in [1.165, 1.54) is 26.5 Å². The number of benzene rings is 2.